The summed E-state index contributed by atoms with van der Waals surface area (Å²) in [5.74, 6) is -0.892. The van der Waals surface area contributed by atoms with Gasteiger partial charge in [0.2, 0.25) is 0 Å². The summed E-state index contributed by atoms with van der Waals surface area (Å²) in [7, 11) is 2.49. The van der Waals surface area contributed by atoms with Crippen molar-refractivity contribution in [2.24, 2.45) is 0 Å². The average molecular weight is 325 g/mol. The van der Waals surface area contributed by atoms with Gasteiger partial charge >= 0.3 is 11.9 Å². The molecule has 0 N–H and O–H groups in total. The van der Waals surface area contributed by atoms with Gasteiger partial charge in [0.05, 0.1) is 37.0 Å². The molecule has 2 aromatic rings. The number of esters is 2. The van der Waals surface area contributed by atoms with E-state index in [4.69, 9.17) is 10.00 Å². The van der Waals surface area contributed by atoms with Crippen LogP contribution in [0, 0.1) is 11.3 Å². The minimum atomic E-state index is -0.594. The Bertz CT molecular complexity index is 773. The largest absolute Gasteiger partial charge is 0.489 e. The van der Waals surface area contributed by atoms with Gasteiger partial charge in [0.25, 0.3) is 0 Å². The molecule has 2 rings (SSSR count). The number of nitrogens with zero attached hydrogens (tertiary/aromatic N) is 1. The third-order valence-electron chi connectivity index (χ3n) is 3.28. The maximum absolute atomic E-state index is 11.7. The number of benzene rings is 2. The van der Waals surface area contributed by atoms with E-state index in [2.05, 4.69) is 15.5 Å². The van der Waals surface area contributed by atoms with E-state index in [1.165, 1.54) is 32.4 Å². The molecule has 0 aliphatic rings. The molecule has 0 amide bonds. The second kappa shape index (κ2) is 7.79. The van der Waals surface area contributed by atoms with Crippen molar-refractivity contribution in [3.05, 3.63) is 64.7 Å². The summed E-state index contributed by atoms with van der Waals surface area (Å²) in [6, 6.07) is 13.4. The summed E-state index contributed by atoms with van der Waals surface area (Å²) in [6.07, 6.45) is 0. The van der Waals surface area contributed by atoms with Crippen LogP contribution in [0.1, 0.15) is 31.8 Å². The zero-order chi connectivity index (χ0) is 17.5. The Morgan fingerprint density at radius 1 is 1.00 bits per heavy atom. The van der Waals surface area contributed by atoms with Crippen molar-refractivity contribution < 1.29 is 23.8 Å². The van der Waals surface area contributed by atoms with Crippen LogP contribution in [-0.4, -0.2) is 26.2 Å². The van der Waals surface area contributed by atoms with Gasteiger partial charge in [0, 0.05) is 5.56 Å². The summed E-state index contributed by atoms with van der Waals surface area (Å²) < 4.78 is 15.0. The molecule has 0 aliphatic carbocycles. The molecule has 0 aromatic heterocycles. The number of ether oxygens (including phenoxy) is 3. The van der Waals surface area contributed by atoms with Gasteiger partial charge in [-0.1, -0.05) is 18.2 Å². The van der Waals surface area contributed by atoms with Crippen LogP contribution in [-0.2, 0) is 16.1 Å². The van der Waals surface area contributed by atoms with Gasteiger partial charge < -0.3 is 14.2 Å². The van der Waals surface area contributed by atoms with Gasteiger partial charge in [-0.3, -0.25) is 0 Å². The van der Waals surface area contributed by atoms with E-state index in [-0.39, 0.29) is 17.7 Å². The van der Waals surface area contributed by atoms with Gasteiger partial charge in [-0.05, 0) is 24.3 Å². The Morgan fingerprint density at radius 3 is 2.12 bits per heavy atom. The standard InChI is InChI=1S/C18H15NO5/c1-22-17(20)14-7-15(18(21)23-2)9-16(8-14)24-11-13-6-4-3-5-12(13)10-19/h3-9H,11H2,1-2H3. The van der Waals surface area contributed by atoms with Gasteiger partial charge in [-0.25, -0.2) is 9.59 Å². The van der Waals surface area contributed by atoms with Crippen LogP contribution in [0.15, 0.2) is 42.5 Å². The van der Waals surface area contributed by atoms with Crippen LogP contribution in [0.5, 0.6) is 5.75 Å². The number of hydrogen-bond acceptors (Lipinski definition) is 6. The molecule has 0 bridgehead atoms. The van der Waals surface area contributed by atoms with Crippen molar-refractivity contribution in [3.8, 4) is 11.8 Å². The molecular weight excluding hydrogens is 310 g/mol. The predicted octanol–water partition coefficient (Wildman–Crippen LogP) is 2.71. The van der Waals surface area contributed by atoms with E-state index >= 15 is 0 Å². The second-order valence-corrected chi connectivity index (χ2v) is 4.79. The summed E-state index contributed by atoms with van der Waals surface area (Å²) >= 11 is 0. The van der Waals surface area contributed by atoms with Gasteiger partial charge in [-0.15, -0.1) is 0 Å². The Balaban J connectivity index is 2.30. The molecule has 6 heteroatoms. The number of rotatable bonds is 5. The Kier molecular flexibility index (Phi) is 5.53. The lowest BCUT2D eigenvalue weighted by Gasteiger charge is -2.10. The normalized spacial score (nSPS) is 9.71. The SMILES string of the molecule is COC(=O)c1cc(OCc2ccccc2C#N)cc(C(=O)OC)c1. The molecule has 0 heterocycles. The van der Waals surface area contributed by atoms with E-state index < -0.39 is 11.9 Å². The minimum Gasteiger partial charge on any atom is -0.489 e. The quantitative estimate of drug-likeness (QED) is 0.786. The summed E-state index contributed by atoms with van der Waals surface area (Å²) in [4.78, 5) is 23.5. The molecule has 0 spiro atoms. The van der Waals surface area contributed by atoms with E-state index in [0.29, 0.717) is 16.9 Å². The first kappa shape index (κ1) is 17.0. The third kappa shape index (κ3) is 3.90. The van der Waals surface area contributed by atoms with Gasteiger partial charge in [-0.2, -0.15) is 5.26 Å². The molecule has 0 radical (unpaired) electrons. The van der Waals surface area contributed by atoms with Crippen LogP contribution in [0.25, 0.3) is 0 Å². The van der Waals surface area contributed by atoms with E-state index in [9.17, 15) is 9.59 Å². The molecule has 0 atom stereocenters. The summed E-state index contributed by atoms with van der Waals surface area (Å²) in [6.45, 7) is 0.120. The maximum Gasteiger partial charge on any atom is 0.338 e. The first-order valence-corrected chi connectivity index (χ1v) is 7.01. The van der Waals surface area contributed by atoms with Crippen LogP contribution < -0.4 is 4.74 Å². The number of hydrogen-bond donors (Lipinski definition) is 0. The highest BCUT2D eigenvalue weighted by molar-refractivity contribution is 5.96. The fraction of sp³-hybridized carbons (Fsp3) is 0.167. The van der Waals surface area contributed by atoms with Crippen molar-refractivity contribution in [2.75, 3.05) is 14.2 Å². The van der Waals surface area contributed by atoms with Gasteiger partial charge in [0.15, 0.2) is 0 Å². The topological polar surface area (TPSA) is 85.6 Å². The Hall–Kier alpha value is -3.33. The maximum atomic E-state index is 11.7. The number of carbonyl (C=O) groups excluding carboxylic acids is 2. The first-order valence-electron chi connectivity index (χ1n) is 7.01. The van der Waals surface area contributed by atoms with Crippen LogP contribution in [0.2, 0.25) is 0 Å². The van der Waals surface area contributed by atoms with E-state index in [0.717, 1.165) is 0 Å². The molecule has 122 valence electrons. The molecular formula is C18H15NO5. The van der Waals surface area contributed by atoms with E-state index in [1.54, 1.807) is 24.3 Å². The highest BCUT2D eigenvalue weighted by Crippen LogP contribution is 2.21. The molecule has 2 aromatic carbocycles. The summed E-state index contributed by atoms with van der Waals surface area (Å²) in [5, 5.41) is 9.09. The Labute approximate surface area is 139 Å². The lowest BCUT2D eigenvalue weighted by molar-refractivity contribution is 0.0598. The molecule has 0 saturated carbocycles. The minimum absolute atomic E-state index is 0.120. The average Bonchev–Trinajstić information content (AvgIpc) is 2.64. The molecule has 0 unspecified atom stereocenters. The van der Waals surface area contributed by atoms with Gasteiger partial charge in [0.1, 0.15) is 12.4 Å². The lowest BCUT2D eigenvalue weighted by atomic mass is 10.1. The smallest absolute Gasteiger partial charge is 0.338 e. The zero-order valence-electron chi connectivity index (χ0n) is 13.2. The fourth-order valence-corrected chi connectivity index (χ4v) is 2.07. The van der Waals surface area contributed by atoms with E-state index in [1.807, 2.05) is 0 Å². The zero-order valence-corrected chi connectivity index (χ0v) is 13.2. The van der Waals surface area contributed by atoms with Crippen LogP contribution in [0.4, 0.5) is 0 Å². The highest BCUT2D eigenvalue weighted by atomic mass is 16.5. The lowest BCUT2D eigenvalue weighted by Crippen LogP contribution is -2.08. The number of carbonyl (C=O) groups is 2. The highest BCUT2D eigenvalue weighted by Gasteiger charge is 2.14. The number of methoxy groups -OCH3 is 2. The van der Waals surface area contributed by atoms with Crippen LogP contribution >= 0.6 is 0 Å². The van der Waals surface area contributed by atoms with Crippen molar-refractivity contribution >= 4 is 11.9 Å². The van der Waals surface area contributed by atoms with Crippen molar-refractivity contribution in [3.63, 3.8) is 0 Å². The molecule has 0 aliphatic heterocycles. The fourth-order valence-electron chi connectivity index (χ4n) is 2.07. The second-order valence-electron chi connectivity index (χ2n) is 4.79. The van der Waals surface area contributed by atoms with Crippen molar-refractivity contribution in [1.82, 2.24) is 0 Å². The van der Waals surface area contributed by atoms with Crippen molar-refractivity contribution in [1.29, 1.82) is 5.26 Å². The third-order valence-corrected chi connectivity index (χ3v) is 3.28. The summed E-state index contributed by atoms with van der Waals surface area (Å²) in [5.41, 5.74) is 1.53. The molecule has 6 nitrogen and oxygen atoms in total. The van der Waals surface area contributed by atoms with Crippen molar-refractivity contribution in [2.45, 2.75) is 6.61 Å². The Morgan fingerprint density at radius 2 is 1.58 bits per heavy atom. The van der Waals surface area contributed by atoms with Crippen LogP contribution in [0.3, 0.4) is 0 Å². The molecule has 0 saturated heterocycles. The predicted molar refractivity (Wildman–Crippen MR) is 84.6 cm³/mol. The number of nitriles is 1. The monoisotopic (exact) mass is 325 g/mol. The molecule has 0 fully saturated rings. The first-order chi connectivity index (χ1) is 11.6. The molecule has 24 heavy (non-hydrogen) atoms.